The van der Waals surface area contributed by atoms with E-state index in [1.807, 2.05) is 11.8 Å². The first kappa shape index (κ1) is 20.5. The van der Waals surface area contributed by atoms with Crippen LogP contribution in [0.25, 0.3) is 0 Å². The Hall–Kier alpha value is -1.48. The van der Waals surface area contributed by atoms with Crippen LogP contribution in [0.1, 0.15) is 26.7 Å². The number of carbonyl (C=O) groups excluding carboxylic acids is 1. The number of amides is 1. The topological polar surface area (TPSA) is 113 Å². The van der Waals surface area contributed by atoms with Crippen LogP contribution in [0.2, 0.25) is 0 Å². The van der Waals surface area contributed by atoms with Crippen molar-refractivity contribution in [3.63, 3.8) is 0 Å². The van der Waals surface area contributed by atoms with Crippen molar-refractivity contribution in [2.24, 2.45) is 0 Å². The molecule has 0 aromatic heterocycles. The lowest BCUT2D eigenvalue weighted by molar-refractivity contribution is -0.140. The van der Waals surface area contributed by atoms with E-state index in [9.17, 15) is 9.59 Å². The summed E-state index contributed by atoms with van der Waals surface area (Å²) in [6.07, 6.45) is 0.405. The molecule has 0 saturated heterocycles. The molecule has 0 bridgehead atoms. The molecule has 0 rings (SSSR count). The second kappa shape index (κ2) is 11.1. The maximum Gasteiger partial charge on any atom is 0.319 e. The number of hydrogen-bond acceptors (Lipinski definition) is 6. The van der Waals surface area contributed by atoms with Gasteiger partial charge in [-0.05, 0) is 19.9 Å². The fourth-order valence-corrected chi connectivity index (χ4v) is 1.75. The maximum absolute atomic E-state index is 11.6. The van der Waals surface area contributed by atoms with Crippen LogP contribution in [0.15, 0.2) is 12.2 Å². The van der Waals surface area contributed by atoms with Gasteiger partial charge in [-0.25, -0.2) is 5.01 Å². The molecule has 0 fully saturated rings. The standard InChI is InChI=1S/C14H27N3O5/c1-4-5-6-16(9-12(18)19)7-8-17(10-13(20)21)15-14(22)11(2)3/h12,18-19H,2,4-10H2,1,3H3,(H,15,22)(H,20,21). The molecule has 0 heterocycles. The quantitative estimate of drug-likeness (QED) is 0.216. The van der Waals surface area contributed by atoms with Gasteiger partial charge >= 0.3 is 5.97 Å². The fraction of sp³-hybridized carbons (Fsp3) is 0.714. The summed E-state index contributed by atoms with van der Waals surface area (Å²) in [5, 5.41) is 28.3. The molecule has 128 valence electrons. The summed E-state index contributed by atoms with van der Waals surface area (Å²) in [5.41, 5.74) is 2.76. The van der Waals surface area contributed by atoms with Gasteiger partial charge < -0.3 is 15.3 Å². The Bertz CT molecular complexity index is 373. The van der Waals surface area contributed by atoms with E-state index < -0.39 is 18.2 Å². The summed E-state index contributed by atoms with van der Waals surface area (Å²) in [6, 6.07) is 0. The molecule has 0 aliphatic heterocycles. The number of hydrogen-bond donors (Lipinski definition) is 4. The van der Waals surface area contributed by atoms with Crippen molar-refractivity contribution in [3.05, 3.63) is 12.2 Å². The van der Waals surface area contributed by atoms with Gasteiger partial charge in [0.25, 0.3) is 5.91 Å². The second-order valence-corrected chi connectivity index (χ2v) is 5.17. The highest BCUT2D eigenvalue weighted by Gasteiger charge is 2.16. The molecule has 22 heavy (non-hydrogen) atoms. The van der Waals surface area contributed by atoms with Crippen molar-refractivity contribution in [1.82, 2.24) is 15.3 Å². The Morgan fingerprint density at radius 3 is 2.32 bits per heavy atom. The minimum Gasteiger partial charge on any atom is -0.480 e. The maximum atomic E-state index is 11.6. The van der Waals surface area contributed by atoms with Gasteiger partial charge in [0, 0.05) is 25.2 Å². The molecule has 0 radical (unpaired) electrons. The number of aliphatic hydroxyl groups excluding tert-OH is 1. The predicted octanol–water partition coefficient (Wildman–Crippen LogP) is -0.607. The van der Waals surface area contributed by atoms with Gasteiger partial charge in [-0.15, -0.1) is 0 Å². The van der Waals surface area contributed by atoms with E-state index >= 15 is 0 Å². The molecule has 8 nitrogen and oxygen atoms in total. The Morgan fingerprint density at radius 2 is 1.86 bits per heavy atom. The van der Waals surface area contributed by atoms with Gasteiger partial charge in [0.2, 0.25) is 0 Å². The van der Waals surface area contributed by atoms with Crippen LogP contribution in [0.4, 0.5) is 0 Å². The van der Waals surface area contributed by atoms with Crippen LogP contribution >= 0.6 is 0 Å². The third-order valence-corrected chi connectivity index (χ3v) is 2.91. The molecular formula is C14H27N3O5. The first-order valence-corrected chi connectivity index (χ1v) is 7.28. The third kappa shape index (κ3) is 10.3. The molecule has 0 unspecified atom stereocenters. The molecule has 0 atom stereocenters. The van der Waals surface area contributed by atoms with Crippen LogP contribution in [-0.2, 0) is 9.59 Å². The van der Waals surface area contributed by atoms with Gasteiger partial charge in [0.15, 0.2) is 6.29 Å². The van der Waals surface area contributed by atoms with E-state index in [1.54, 1.807) is 0 Å². The SMILES string of the molecule is C=C(C)C(=O)NN(CCN(CCCC)CC(O)O)CC(=O)O. The smallest absolute Gasteiger partial charge is 0.319 e. The molecule has 1 amide bonds. The van der Waals surface area contributed by atoms with Crippen LogP contribution < -0.4 is 5.43 Å². The first-order chi connectivity index (χ1) is 10.3. The highest BCUT2D eigenvalue weighted by molar-refractivity contribution is 5.91. The summed E-state index contributed by atoms with van der Waals surface area (Å²) < 4.78 is 0. The van der Waals surface area contributed by atoms with E-state index in [-0.39, 0.29) is 25.2 Å². The zero-order valence-corrected chi connectivity index (χ0v) is 13.3. The van der Waals surface area contributed by atoms with Gasteiger partial charge in [0.1, 0.15) is 6.54 Å². The average molecular weight is 317 g/mol. The minimum absolute atomic E-state index is 0.0787. The molecule has 0 aromatic rings. The van der Waals surface area contributed by atoms with Gasteiger partial charge in [-0.2, -0.15) is 0 Å². The Labute approximate surface area is 131 Å². The number of carbonyl (C=O) groups is 2. The predicted molar refractivity (Wildman–Crippen MR) is 81.7 cm³/mol. The van der Waals surface area contributed by atoms with Crippen molar-refractivity contribution < 1.29 is 24.9 Å². The number of nitrogens with zero attached hydrogens (tertiary/aromatic N) is 2. The molecule has 0 aliphatic rings. The molecule has 0 saturated carbocycles. The molecule has 0 spiro atoms. The third-order valence-electron chi connectivity index (χ3n) is 2.91. The first-order valence-electron chi connectivity index (χ1n) is 7.28. The number of hydrazine groups is 1. The minimum atomic E-state index is -1.45. The van der Waals surface area contributed by atoms with E-state index in [4.69, 9.17) is 15.3 Å². The van der Waals surface area contributed by atoms with E-state index in [2.05, 4.69) is 12.0 Å². The number of aliphatic carboxylic acids is 1. The zero-order chi connectivity index (χ0) is 17.1. The van der Waals surface area contributed by atoms with Crippen molar-refractivity contribution in [3.8, 4) is 0 Å². The number of carboxylic acids is 1. The summed E-state index contributed by atoms with van der Waals surface area (Å²) in [6.45, 7) is 8.12. The Balaban J connectivity index is 4.56. The van der Waals surface area contributed by atoms with Crippen molar-refractivity contribution in [2.75, 3.05) is 32.7 Å². The molecular weight excluding hydrogens is 290 g/mol. The normalized spacial score (nSPS) is 11.2. The molecule has 0 aromatic carbocycles. The van der Waals surface area contributed by atoms with Crippen molar-refractivity contribution in [1.29, 1.82) is 0 Å². The number of carboxylic acid groups (broad SMARTS) is 1. The summed E-state index contributed by atoms with van der Waals surface area (Å²) >= 11 is 0. The second-order valence-electron chi connectivity index (χ2n) is 5.17. The highest BCUT2D eigenvalue weighted by Crippen LogP contribution is 1.98. The number of rotatable bonds is 12. The van der Waals surface area contributed by atoms with Gasteiger partial charge in [-0.3, -0.25) is 19.9 Å². The van der Waals surface area contributed by atoms with E-state index in [1.165, 1.54) is 11.9 Å². The average Bonchev–Trinajstić information content (AvgIpc) is 2.40. The lowest BCUT2D eigenvalue weighted by Gasteiger charge is -2.27. The van der Waals surface area contributed by atoms with Gasteiger partial charge in [-0.1, -0.05) is 19.9 Å². The summed E-state index contributed by atoms with van der Waals surface area (Å²) in [5.74, 6) is -1.51. The van der Waals surface area contributed by atoms with Crippen molar-refractivity contribution in [2.45, 2.75) is 33.0 Å². The Kier molecular flexibility index (Phi) is 10.4. The molecule has 0 aliphatic carbocycles. The zero-order valence-electron chi connectivity index (χ0n) is 13.3. The lowest BCUT2D eigenvalue weighted by atomic mass is 10.3. The lowest BCUT2D eigenvalue weighted by Crippen LogP contribution is -2.49. The molecule has 8 heteroatoms. The number of nitrogens with one attached hydrogen (secondary N) is 1. The number of unbranched alkanes of at least 4 members (excludes halogenated alkanes) is 1. The van der Waals surface area contributed by atoms with Crippen LogP contribution in [-0.4, -0.2) is 76.1 Å². The monoisotopic (exact) mass is 317 g/mol. The van der Waals surface area contributed by atoms with Crippen LogP contribution in [0, 0.1) is 0 Å². The summed E-state index contributed by atoms with van der Waals surface area (Å²) in [4.78, 5) is 24.3. The van der Waals surface area contributed by atoms with Crippen molar-refractivity contribution >= 4 is 11.9 Å². The highest BCUT2D eigenvalue weighted by atomic mass is 16.5. The Morgan fingerprint density at radius 1 is 1.23 bits per heavy atom. The summed E-state index contributed by atoms with van der Waals surface area (Å²) in [7, 11) is 0. The van der Waals surface area contributed by atoms with E-state index in [0.29, 0.717) is 13.1 Å². The fourth-order valence-electron chi connectivity index (χ4n) is 1.75. The largest absolute Gasteiger partial charge is 0.480 e. The molecule has 4 N–H and O–H groups in total. The van der Waals surface area contributed by atoms with Gasteiger partial charge in [0.05, 0.1) is 0 Å². The van der Waals surface area contributed by atoms with Crippen LogP contribution in [0.3, 0.4) is 0 Å². The van der Waals surface area contributed by atoms with E-state index in [0.717, 1.165) is 12.8 Å². The van der Waals surface area contributed by atoms with Crippen LogP contribution in [0.5, 0.6) is 0 Å². The number of aliphatic hydroxyl groups is 2.